The van der Waals surface area contributed by atoms with Crippen molar-refractivity contribution in [1.29, 1.82) is 0 Å². The lowest BCUT2D eigenvalue weighted by molar-refractivity contribution is 0.374. The summed E-state index contributed by atoms with van der Waals surface area (Å²) in [6.45, 7) is 4.61. The Hall–Kier alpha value is -1.28. The molecule has 1 aromatic heterocycles. The summed E-state index contributed by atoms with van der Waals surface area (Å²) in [5.74, 6) is 1.46. The third kappa shape index (κ3) is 5.69. The van der Waals surface area contributed by atoms with E-state index in [9.17, 15) is 0 Å². The third-order valence-electron chi connectivity index (χ3n) is 3.35. The Labute approximate surface area is 158 Å². The summed E-state index contributed by atoms with van der Waals surface area (Å²) in [6.07, 6.45) is 0.861. The molecule has 0 saturated carbocycles. The van der Waals surface area contributed by atoms with Crippen LogP contribution in [0.25, 0.3) is 0 Å². The van der Waals surface area contributed by atoms with Gasteiger partial charge in [-0.3, -0.25) is 4.99 Å². The molecule has 126 valence electrons. The minimum absolute atomic E-state index is 0. The van der Waals surface area contributed by atoms with Gasteiger partial charge >= 0.3 is 0 Å². The van der Waals surface area contributed by atoms with Crippen molar-refractivity contribution in [3.63, 3.8) is 0 Å². The minimum Gasteiger partial charge on any atom is -0.359 e. The van der Waals surface area contributed by atoms with Gasteiger partial charge in [-0.2, -0.15) is 0 Å². The van der Waals surface area contributed by atoms with Gasteiger partial charge in [-0.25, -0.2) is 0 Å². The van der Waals surface area contributed by atoms with Gasteiger partial charge in [0.25, 0.3) is 0 Å². The van der Waals surface area contributed by atoms with Crippen LogP contribution in [-0.2, 0) is 13.0 Å². The number of halogens is 2. The number of hydrogen-bond acceptors (Lipinski definition) is 3. The second-order valence-corrected chi connectivity index (χ2v) is 5.36. The maximum atomic E-state index is 6.21. The number of benzene rings is 1. The zero-order valence-electron chi connectivity index (χ0n) is 13.5. The number of guanidine groups is 1. The van der Waals surface area contributed by atoms with Crippen LogP contribution in [0.2, 0.25) is 5.02 Å². The first-order chi connectivity index (χ1) is 10.6. The van der Waals surface area contributed by atoms with E-state index in [0.29, 0.717) is 12.5 Å². The molecule has 0 radical (unpaired) electrons. The van der Waals surface area contributed by atoms with Crippen LogP contribution >= 0.6 is 35.6 Å². The van der Waals surface area contributed by atoms with Gasteiger partial charge in [0.1, 0.15) is 0 Å². The highest BCUT2D eigenvalue weighted by atomic mass is 127. The third-order valence-corrected chi connectivity index (χ3v) is 3.69. The van der Waals surface area contributed by atoms with Gasteiger partial charge in [0.2, 0.25) is 0 Å². The second kappa shape index (κ2) is 9.77. The van der Waals surface area contributed by atoms with Crippen molar-refractivity contribution in [2.45, 2.75) is 32.9 Å². The molecule has 23 heavy (non-hydrogen) atoms. The molecule has 2 N–H and O–H groups in total. The molecule has 0 saturated heterocycles. The Morgan fingerprint density at radius 3 is 2.74 bits per heavy atom. The van der Waals surface area contributed by atoms with E-state index in [1.807, 2.05) is 44.2 Å². The first kappa shape index (κ1) is 19.8. The van der Waals surface area contributed by atoms with Crippen LogP contribution in [0.1, 0.15) is 36.9 Å². The standard InChI is InChI=1S/C16H21ClN4O.HI/c1-4-12-9-13(22-21-12)10-19-16(18-3)20-11(2)14-7-5-6-8-15(14)17;/h5-9,11H,4,10H2,1-3H3,(H2,18,19,20);1H. The number of nitrogens with one attached hydrogen (secondary N) is 2. The molecule has 2 rings (SSSR count). The lowest BCUT2D eigenvalue weighted by Gasteiger charge is -2.18. The largest absolute Gasteiger partial charge is 0.359 e. The molecule has 0 bridgehead atoms. The van der Waals surface area contributed by atoms with E-state index < -0.39 is 0 Å². The highest BCUT2D eigenvalue weighted by Crippen LogP contribution is 2.21. The van der Waals surface area contributed by atoms with Crippen molar-refractivity contribution < 1.29 is 4.52 Å². The molecule has 1 aromatic carbocycles. The second-order valence-electron chi connectivity index (χ2n) is 4.95. The number of aromatic nitrogens is 1. The fourth-order valence-electron chi connectivity index (χ4n) is 2.08. The van der Waals surface area contributed by atoms with E-state index in [4.69, 9.17) is 16.1 Å². The molecule has 1 heterocycles. The lowest BCUT2D eigenvalue weighted by Crippen LogP contribution is -2.38. The highest BCUT2D eigenvalue weighted by Gasteiger charge is 2.11. The maximum Gasteiger partial charge on any atom is 0.191 e. The smallest absolute Gasteiger partial charge is 0.191 e. The van der Waals surface area contributed by atoms with Crippen LogP contribution in [0.4, 0.5) is 0 Å². The normalized spacial score (nSPS) is 12.4. The molecule has 2 aromatic rings. The van der Waals surface area contributed by atoms with Crippen molar-refractivity contribution in [3.8, 4) is 0 Å². The summed E-state index contributed by atoms with van der Waals surface area (Å²) in [7, 11) is 1.73. The average Bonchev–Trinajstić information content (AvgIpc) is 2.99. The number of rotatable bonds is 5. The van der Waals surface area contributed by atoms with Gasteiger partial charge in [0.05, 0.1) is 18.3 Å². The van der Waals surface area contributed by atoms with Crippen LogP contribution in [0.15, 0.2) is 39.8 Å². The van der Waals surface area contributed by atoms with Crippen molar-refractivity contribution in [3.05, 3.63) is 52.4 Å². The van der Waals surface area contributed by atoms with Crippen LogP contribution in [-0.4, -0.2) is 18.2 Å². The quantitative estimate of drug-likeness (QED) is 0.413. The van der Waals surface area contributed by atoms with Crippen molar-refractivity contribution in [2.24, 2.45) is 4.99 Å². The molecule has 0 aliphatic carbocycles. The summed E-state index contributed by atoms with van der Waals surface area (Å²) in [6, 6.07) is 9.75. The van der Waals surface area contributed by atoms with Gasteiger partial charge in [-0.15, -0.1) is 24.0 Å². The Kier molecular flexibility index (Phi) is 8.40. The number of aryl methyl sites for hydroxylation is 1. The molecular weight excluding hydrogens is 427 g/mol. The molecule has 1 atom stereocenters. The minimum atomic E-state index is 0. The molecule has 0 amide bonds. The van der Waals surface area contributed by atoms with Crippen molar-refractivity contribution in [2.75, 3.05) is 7.05 Å². The molecule has 0 aliphatic rings. The first-order valence-electron chi connectivity index (χ1n) is 7.30. The lowest BCUT2D eigenvalue weighted by atomic mass is 10.1. The maximum absolute atomic E-state index is 6.21. The molecule has 0 spiro atoms. The molecule has 5 nitrogen and oxygen atoms in total. The summed E-state index contributed by atoms with van der Waals surface area (Å²) in [5, 5.41) is 11.2. The van der Waals surface area contributed by atoms with Gasteiger partial charge in [0.15, 0.2) is 11.7 Å². The van der Waals surface area contributed by atoms with Gasteiger partial charge in [-0.05, 0) is 25.0 Å². The number of hydrogen-bond donors (Lipinski definition) is 2. The van der Waals surface area contributed by atoms with Crippen molar-refractivity contribution >= 4 is 41.5 Å². The average molecular weight is 449 g/mol. The van der Waals surface area contributed by atoms with E-state index >= 15 is 0 Å². The predicted molar refractivity (Wildman–Crippen MR) is 104 cm³/mol. The Morgan fingerprint density at radius 1 is 1.39 bits per heavy atom. The topological polar surface area (TPSA) is 62.5 Å². The van der Waals surface area contributed by atoms with Crippen LogP contribution in [0.5, 0.6) is 0 Å². The monoisotopic (exact) mass is 448 g/mol. The summed E-state index contributed by atoms with van der Waals surface area (Å²) in [4.78, 5) is 4.21. The van der Waals surface area contributed by atoms with Crippen LogP contribution in [0.3, 0.4) is 0 Å². The molecule has 0 fully saturated rings. The highest BCUT2D eigenvalue weighted by molar-refractivity contribution is 14.0. The molecule has 7 heteroatoms. The Morgan fingerprint density at radius 2 is 2.13 bits per heavy atom. The van der Waals surface area contributed by atoms with Gasteiger partial charge in [-0.1, -0.05) is 41.9 Å². The van der Waals surface area contributed by atoms with E-state index in [1.165, 1.54) is 0 Å². The van der Waals surface area contributed by atoms with Gasteiger partial charge in [0, 0.05) is 18.1 Å². The first-order valence-corrected chi connectivity index (χ1v) is 7.68. The fraction of sp³-hybridized carbons (Fsp3) is 0.375. The molecule has 0 aliphatic heterocycles. The van der Waals surface area contributed by atoms with E-state index in [-0.39, 0.29) is 30.0 Å². The van der Waals surface area contributed by atoms with Gasteiger partial charge < -0.3 is 15.2 Å². The zero-order valence-corrected chi connectivity index (χ0v) is 16.6. The number of aliphatic imine (C=N–C) groups is 1. The molecular formula is C16H22ClIN4O. The predicted octanol–water partition coefficient (Wildman–Crippen LogP) is 3.93. The Bertz CT molecular complexity index is 645. The van der Waals surface area contributed by atoms with Crippen molar-refractivity contribution in [1.82, 2.24) is 15.8 Å². The zero-order chi connectivity index (χ0) is 15.9. The summed E-state index contributed by atoms with van der Waals surface area (Å²) in [5.41, 5.74) is 1.98. The SMILES string of the molecule is CCc1cc(CNC(=NC)NC(C)c2ccccc2Cl)on1.I. The van der Waals surface area contributed by atoms with E-state index in [1.54, 1.807) is 7.05 Å². The van der Waals surface area contributed by atoms with Crippen LogP contribution < -0.4 is 10.6 Å². The fourth-order valence-corrected chi connectivity index (χ4v) is 2.38. The molecule has 1 unspecified atom stereocenters. The number of nitrogens with zero attached hydrogens (tertiary/aromatic N) is 2. The van der Waals surface area contributed by atoms with E-state index in [0.717, 1.165) is 28.5 Å². The summed E-state index contributed by atoms with van der Waals surface area (Å²) >= 11 is 6.21. The Balaban J connectivity index is 0.00000264. The summed E-state index contributed by atoms with van der Waals surface area (Å²) < 4.78 is 5.24. The van der Waals surface area contributed by atoms with E-state index in [2.05, 4.69) is 20.8 Å². The van der Waals surface area contributed by atoms with Crippen LogP contribution in [0, 0.1) is 0 Å².